The van der Waals surface area contributed by atoms with Crippen LogP contribution in [0, 0.1) is 5.92 Å². The van der Waals surface area contributed by atoms with Gasteiger partial charge < -0.3 is 4.90 Å². The molecule has 3 unspecified atom stereocenters. The van der Waals surface area contributed by atoms with Gasteiger partial charge >= 0.3 is 0 Å². The zero-order valence-electron chi connectivity index (χ0n) is 9.49. The van der Waals surface area contributed by atoms with E-state index >= 15 is 0 Å². The maximum absolute atomic E-state index is 6.83. The van der Waals surface area contributed by atoms with E-state index < -0.39 is 0 Å². The van der Waals surface area contributed by atoms with Gasteiger partial charge in [-0.15, -0.1) is 11.6 Å². The first-order valence-corrected chi connectivity index (χ1v) is 6.33. The molecule has 0 saturated carbocycles. The number of alkyl halides is 1. The highest BCUT2D eigenvalue weighted by atomic mass is 35.5. The molecular weight excluding hydrogens is 222 g/mol. The molecule has 2 bridgehead atoms. The molecule has 0 radical (unpaired) electrons. The second-order valence-electron chi connectivity index (χ2n) is 4.79. The Morgan fingerprint density at radius 1 is 1.50 bits per heavy atom. The van der Waals surface area contributed by atoms with Crippen molar-refractivity contribution in [1.29, 1.82) is 0 Å². The molecule has 0 aliphatic carbocycles. The van der Waals surface area contributed by atoms with Crippen molar-refractivity contribution in [3.05, 3.63) is 23.8 Å². The van der Waals surface area contributed by atoms with Crippen molar-refractivity contribution >= 4 is 11.6 Å². The van der Waals surface area contributed by atoms with Crippen LogP contribution in [0.1, 0.15) is 24.7 Å². The van der Waals surface area contributed by atoms with Crippen molar-refractivity contribution in [3.8, 4) is 0 Å². The van der Waals surface area contributed by atoms with Crippen molar-refractivity contribution in [2.45, 2.75) is 24.6 Å². The zero-order valence-corrected chi connectivity index (χ0v) is 10.2. The van der Waals surface area contributed by atoms with Gasteiger partial charge in [-0.05, 0) is 25.3 Å². The number of hydrogen-bond acceptors (Lipinski definition) is 3. The lowest BCUT2D eigenvalue weighted by molar-refractivity contribution is 0.319. The van der Waals surface area contributed by atoms with Crippen LogP contribution in [0.4, 0.5) is 0 Å². The molecule has 0 spiro atoms. The number of aryl methyl sites for hydroxylation is 1. The van der Waals surface area contributed by atoms with Crippen molar-refractivity contribution in [2.24, 2.45) is 5.92 Å². The highest BCUT2D eigenvalue weighted by Crippen LogP contribution is 2.48. The SMILES string of the molecule is CCc1nccnc1C1(Cl)CN2CCC1C2. The molecule has 4 heteroatoms. The molecule has 3 heterocycles. The molecular formula is C12H16ClN3. The van der Waals surface area contributed by atoms with Gasteiger partial charge in [0.1, 0.15) is 4.87 Å². The van der Waals surface area contributed by atoms with Crippen molar-refractivity contribution < 1.29 is 0 Å². The lowest BCUT2D eigenvalue weighted by Crippen LogP contribution is -2.36. The van der Waals surface area contributed by atoms with E-state index in [1.54, 1.807) is 12.4 Å². The second-order valence-corrected chi connectivity index (χ2v) is 5.46. The van der Waals surface area contributed by atoms with Gasteiger partial charge in [0.15, 0.2) is 0 Å². The predicted octanol–water partition coefficient (Wildman–Crippen LogP) is 1.81. The van der Waals surface area contributed by atoms with Gasteiger partial charge in [0.05, 0.1) is 11.4 Å². The molecule has 2 saturated heterocycles. The number of hydrogen-bond donors (Lipinski definition) is 0. The molecule has 3 nitrogen and oxygen atoms in total. The van der Waals surface area contributed by atoms with Crippen molar-refractivity contribution in [2.75, 3.05) is 19.6 Å². The summed E-state index contributed by atoms with van der Waals surface area (Å²) in [7, 11) is 0. The van der Waals surface area contributed by atoms with Crippen LogP contribution in [0.3, 0.4) is 0 Å². The van der Waals surface area contributed by atoms with Gasteiger partial charge in [0, 0.05) is 25.5 Å². The van der Waals surface area contributed by atoms with Crippen LogP contribution in [0.25, 0.3) is 0 Å². The summed E-state index contributed by atoms with van der Waals surface area (Å²) in [5.41, 5.74) is 2.08. The Morgan fingerprint density at radius 2 is 2.31 bits per heavy atom. The monoisotopic (exact) mass is 237 g/mol. The lowest BCUT2D eigenvalue weighted by Gasteiger charge is -2.31. The van der Waals surface area contributed by atoms with E-state index in [4.69, 9.17) is 11.6 Å². The Morgan fingerprint density at radius 3 is 2.94 bits per heavy atom. The molecule has 3 atom stereocenters. The highest BCUT2D eigenvalue weighted by Gasteiger charge is 2.51. The number of halogens is 1. The molecule has 16 heavy (non-hydrogen) atoms. The fourth-order valence-corrected chi connectivity index (χ4v) is 3.55. The first-order chi connectivity index (χ1) is 7.74. The van der Waals surface area contributed by atoms with Crippen molar-refractivity contribution in [3.63, 3.8) is 0 Å². The van der Waals surface area contributed by atoms with E-state index in [2.05, 4.69) is 21.8 Å². The minimum Gasteiger partial charge on any atom is -0.301 e. The van der Waals surface area contributed by atoms with Gasteiger partial charge in [-0.3, -0.25) is 9.97 Å². The van der Waals surface area contributed by atoms with Gasteiger partial charge in [0.25, 0.3) is 0 Å². The summed E-state index contributed by atoms with van der Waals surface area (Å²) < 4.78 is 0. The summed E-state index contributed by atoms with van der Waals surface area (Å²) in [4.78, 5) is 11.1. The fraction of sp³-hybridized carbons (Fsp3) is 0.667. The first-order valence-electron chi connectivity index (χ1n) is 5.95. The van der Waals surface area contributed by atoms with Crippen molar-refractivity contribution in [1.82, 2.24) is 14.9 Å². The maximum Gasteiger partial charge on any atom is 0.105 e. The quantitative estimate of drug-likeness (QED) is 0.735. The Kier molecular flexibility index (Phi) is 2.41. The van der Waals surface area contributed by atoms with Crippen LogP contribution in [-0.4, -0.2) is 34.5 Å². The standard InChI is InChI=1S/C12H16ClN3/c1-2-10-11(15-5-4-14-10)12(13)8-16-6-3-9(12)7-16/h4-5,9H,2-3,6-8H2,1H3. The van der Waals surface area contributed by atoms with E-state index in [0.29, 0.717) is 5.92 Å². The van der Waals surface area contributed by atoms with Crippen LogP contribution in [-0.2, 0) is 11.3 Å². The molecule has 2 fully saturated rings. The predicted molar refractivity (Wildman–Crippen MR) is 63.5 cm³/mol. The number of fused-ring (bicyclic) bond motifs is 2. The third-order valence-electron chi connectivity index (χ3n) is 3.88. The van der Waals surface area contributed by atoms with E-state index in [9.17, 15) is 0 Å². The summed E-state index contributed by atoms with van der Waals surface area (Å²) in [6, 6.07) is 0. The molecule has 1 aromatic rings. The molecule has 2 aliphatic rings. The fourth-order valence-electron chi connectivity index (χ4n) is 3.05. The topological polar surface area (TPSA) is 29.0 Å². The van der Waals surface area contributed by atoms with Gasteiger partial charge in [-0.2, -0.15) is 0 Å². The minimum absolute atomic E-state index is 0.280. The summed E-state index contributed by atoms with van der Waals surface area (Å²) >= 11 is 6.83. The van der Waals surface area contributed by atoms with Crippen LogP contribution >= 0.6 is 11.6 Å². The molecule has 1 aromatic heterocycles. The number of rotatable bonds is 2. The normalized spacial score (nSPS) is 36.9. The summed E-state index contributed by atoms with van der Waals surface area (Å²) in [6.07, 6.45) is 5.63. The van der Waals surface area contributed by atoms with Crippen LogP contribution in [0.15, 0.2) is 12.4 Å². The second kappa shape index (κ2) is 3.67. The van der Waals surface area contributed by atoms with Crippen LogP contribution in [0.5, 0.6) is 0 Å². The molecule has 3 rings (SSSR count). The summed E-state index contributed by atoms with van der Waals surface area (Å²) in [6.45, 7) is 5.37. The largest absolute Gasteiger partial charge is 0.301 e. The minimum atomic E-state index is -0.280. The van der Waals surface area contributed by atoms with E-state index in [1.807, 2.05) is 0 Å². The van der Waals surface area contributed by atoms with E-state index in [1.165, 1.54) is 13.0 Å². The number of nitrogens with zero attached hydrogens (tertiary/aromatic N) is 3. The third kappa shape index (κ3) is 1.38. The van der Waals surface area contributed by atoms with E-state index in [-0.39, 0.29) is 4.87 Å². The maximum atomic E-state index is 6.83. The Labute approximate surface area is 101 Å². The van der Waals surface area contributed by atoms with Gasteiger partial charge in [-0.25, -0.2) is 0 Å². The average Bonchev–Trinajstić information content (AvgIpc) is 2.89. The first kappa shape index (κ1) is 10.5. The molecule has 0 amide bonds. The smallest absolute Gasteiger partial charge is 0.105 e. The number of piperidine rings is 1. The molecule has 86 valence electrons. The third-order valence-corrected chi connectivity index (χ3v) is 4.48. The Bertz CT molecular complexity index is 409. The van der Waals surface area contributed by atoms with Gasteiger partial charge in [0.2, 0.25) is 0 Å². The zero-order chi connectivity index (χ0) is 11.2. The average molecular weight is 238 g/mol. The van der Waals surface area contributed by atoms with E-state index in [0.717, 1.165) is 30.9 Å². The molecule has 2 aliphatic heterocycles. The lowest BCUT2D eigenvalue weighted by atomic mass is 9.87. The Balaban J connectivity index is 2.03. The highest BCUT2D eigenvalue weighted by molar-refractivity contribution is 6.24. The summed E-state index contributed by atoms with van der Waals surface area (Å²) in [5, 5.41) is 0. The van der Waals surface area contributed by atoms with Crippen LogP contribution < -0.4 is 0 Å². The number of aromatic nitrogens is 2. The molecule has 0 aromatic carbocycles. The molecule has 0 N–H and O–H groups in total. The van der Waals surface area contributed by atoms with Crippen LogP contribution in [0.2, 0.25) is 0 Å². The summed E-state index contributed by atoms with van der Waals surface area (Å²) in [5.74, 6) is 0.552. The van der Waals surface area contributed by atoms with Gasteiger partial charge in [-0.1, -0.05) is 6.92 Å². The Hall–Kier alpha value is -0.670.